The molecule has 0 radical (unpaired) electrons. The number of likely N-dealkylation sites (tertiary alicyclic amines) is 1. The third-order valence-electron chi connectivity index (χ3n) is 5.79. The number of nitrogens with one attached hydrogen (secondary N) is 3. The third-order valence-corrected chi connectivity index (χ3v) is 5.79. The van der Waals surface area contributed by atoms with Gasteiger partial charge in [0.15, 0.2) is 5.75 Å². The van der Waals surface area contributed by atoms with E-state index >= 15 is 0 Å². The summed E-state index contributed by atoms with van der Waals surface area (Å²) >= 11 is 0. The number of aryl methyl sites for hydroxylation is 1. The second-order valence-corrected chi connectivity index (χ2v) is 8.11. The average molecular weight is 456 g/mol. The molecule has 3 heterocycles. The molecular formula is C23H25FN4O5. The van der Waals surface area contributed by atoms with Crippen LogP contribution >= 0.6 is 0 Å². The van der Waals surface area contributed by atoms with Gasteiger partial charge in [-0.2, -0.15) is 0 Å². The van der Waals surface area contributed by atoms with Crippen molar-refractivity contribution in [2.45, 2.75) is 26.3 Å². The number of rotatable bonds is 5. The minimum atomic E-state index is -0.628. The molecule has 3 amide bonds. The van der Waals surface area contributed by atoms with Crippen LogP contribution in [0, 0.1) is 19.7 Å². The van der Waals surface area contributed by atoms with Crippen LogP contribution in [0.2, 0.25) is 0 Å². The zero-order valence-corrected chi connectivity index (χ0v) is 18.6. The van der Waals surface area contributed by atoms with Gasteiger partial charge in [-0.25, -0.2) is 9.18 Å². The lowest BCUT2D eigenvalue weighted by molar-refractivity contribution is -0.134. The fraction of sp³-hybridized carbons (Fsp3) is 0.348. The quantitative estimate of drug-likeness (QED) is 0.599. The Morgan fingerprint density at radius 1 is 1.33 bits per heavy atom. The van der Waals surface area contributed by atoms with Gasteiger partial charge in [0, 0.05) is 42.7 Å². The van der Waals surface area contributed by atoms with Crippen molar-refractivity contribution in [2.75, 3.05) is 32.1 Å². The maximum atomic E-state index is 13.7. The molecule has 33 heavy (non-hydrogen) atoms. The lowest BCUT2D eigenvalue weighted by atomic mass is 10.0. The van der Waals surface area contributed by atoms with Crippen LogP contribution in [0.1, 0.15) is 28.9 Å². The number of anilines is 1. The predicted octanol–water partition coefficient (Wildman–Crippen LogP) is 2.60. The topological polar surface area (TPSA) is 113 Å². The van der Waals surface area contributed by atoms with Crippen LogP contribution in [-0.2, 0) is 14.3 Å². The van der Waals surface area contributed by atoms with E-state index in [4.69, 9.17) is 9.47 Å². The number of fused-ring (bicyclic) bond motifs is 1. The summed E-state index contributed by atoms with van der Waals surface area (Å²) in [5.74, 6) is -0.549. The summed E-state index contributed by atoms with van der Waals surface area (Å²) in [7, 11) is 1.46. The first-order valence-corrected chi connectivity index (χ1v) is 10.5. The van der Waals surface area contributed by atoms with Crippen molar-refractivity contribution in [2.24, 2.45) is 0 Å². The standard InChI is InChI=1S/C23H25FN4O5/c1-12-19(9-17-16-8-14(24)4-5-18(16)27-22(17)30)25-13(2)21(12)33-23(31)26-15-6-7-28(10-15)20(29)11-32-3/h4-5,8-9,15,25H,6-7,10-11H2,1-3H3,(H,26,31)(H,27,30)/b17-9-/t15-/m0/s1. The van der Waals surface area contributed by atoms with E-state index in [9.17, 15) is 18.8 Å². The normalized spacial score (nSPS) is 18.4. The molecule has 1 fully saturated rings. The molecule has 4 rings (SSSR count). The van der Waals surface area contributed by atoms with Crippen molar-refractivity contribution in [1.29, 1.82) is 0 Å². The summed E-state index contributed by atoms with van der Waals surface area (Å²) in [4.78, 5) is 41.6. The molecule has 1 saturated heterocycles. The molecule has 0 bridgehead atoms. The number of aromatic nitrogens is 1. The molecular weight excluding hydrogens is 431 g/mol. The minimum absolute atomic E-state index is 0.00628. The molecule has 1 aromatic carbocycles. The van der Waals surface area contributed by atoms with Gasteiger partial charge in [-0.3, -0.25) is 9.59 Å². The van der Waals surface area contributed by atoms with Crippen molar-refractivity contribution >= 4 is 35.2 Å². The Labute approximate surface area is 189 Å². The van der Waals surface area contributed by atoms with Gasteiger partial charge in [-0.05, 0) is 44.5 Å². The number of halogens is 1. The molecule has 3 N–H and O–H groups in total. The molecule has 1 atom stereocenters. The van der Waals surface area contributed by atoms with Crippen molar-refractivity contribution < 1.29 is 28.2 Å². The smallest absolute Gasteiger partial charge is 0.408 e. The van der Waals surface area contributed by atoms with Crippen molar-refractivity contribution in [3.05, 3.63) is 46.5 Å². The predicted molar refractivity (Wildman–Crippen MR) is 119 cm³/mol. The van der Waals surface area contributed by atoms with Crippen molar-refractivity contribution in [3.8, 4) is 5.75 Å². The Morgan fingerprint density at radius 3 is 2.88 bits per heavy atom. The number of nitrogens with zero attached hydrogens (tertiary/aromatic N) is 1. The van der Waals surface area contributed by atoms with Gasteiger partial charge in [0.2, 0.25) is 5.91 Å². The van der Waals surface area contributed by atoms with E-state index in [1.807, 2.05) is 0 Å². The van der Waals surface area contributed by atoms with Gasteiger partial charge in [-0.15, -0.1) is 0 Å². The number of hydrogen-bond acceptors (Lipinski definition) is 5. The average Bonchev–Trinajstić information content (AvgIpc) is 3.42. The largest absolute Gasteiger partial charge is 0.412 e. The van der Waals surface area contributed by atoms with Gasteiger partial charge in [0.25, 0.3) is 5.91 Å². The molecule has 10 heteroatoms. The second kappa shape index (κ2) is 9.07. The SMILES string of the molecule is COCC(=O)N1CC[C@H](NC(=O)Oc2c(C)[nH]c(/C=C3\C(=O)Nc4ccc(F)cc43)c2C)C1. The molecule has 0 unspecified atom stereocenters. The summed E-state index contributed by atoms with van der Waals surface area (Å²) in [6.45, 7) is 4.45. The summed E-state index contributed by atoms with van der Waals surface area (Å²) < 4.78 is 24.1. The van der Waals surface area contributed by atoms with Gasteiger partial charge in [-0.1, -0.05) is 0 Å². The number of H-pyrrole nitrogens is 1. The van der Waals surface area contributed by atoms with Crippen LogP contribution < -0.4 is 15.4 Å². The highest BCUT2D eigenvalue weighted by Crippen LogP contribution is 2.35. The number of carbonyl (C=O) groups is 3. The van der Waals surface area contributed by atoms with Crippen molar-refractivity contribution in [3.63, 3.8) is 0 Å². The van der Waals surface area contributed by atoms with E-state index in [0.717, 1.165) is 0 Å². The second-order valence-electron chi connectivity index (χ2n) is 8.11. The first-order chi connectivity index (χ1) is 15.8. The third kappa shape index (κ3) is 4.61. The summed E-state index contributed by atoms with van der Waals surface area (Å²) in [6, 6.07) is 3.89. The number of ether oxygens (including phenoxy) is 2. The summed E-state index contributed by atoms with van der Waals surface area (Å²) in [6.07, 6.45) is 1.61. The van der Waals surface area contributed by atoms with Crippen LogP contribution in [0.4, 0.5) is 14.9 Å². The molecule has 174 valence electrons. The zero-order valence-electron chi connectivity index (χ0n) is 18.6. The Balaban J connectivity index is 1.46. The molecule has 0 saturated carbocycles. The summed E-state index contributed by atoms with van der Waals surface area (Å²) in [5.41, 5.74) is 3.15. The Bertz CT molecular complexity index is 1160. The molecule has 0 aliphatic carbocycles. The number of methoxy groups -OCH3 is 1. The monoisotopic (exact) mass is 456 g/mol. The Morgan fingerprint density at radius 2 is 2.12 bits per heavy atom. The number of aromatic amines is 1. The fourth-order valence-corrected chi connectivity index (χ4v) is 4.11. The number of amides is 3. The highest BCUT2D eigenvalue weighted by molar-refractivity contribution is 6.34. The maximum Gasteiger partial charge on any atom is 0.412 e. The van der Waals surface area contributed by atoms with E-state index in [2.05, 4.69) is 15.6 Å². The Kier molecular flexibility index (Phi) is 6.19. The highest BCUT2D eigenvalue weighted by atomic mass is 19.1. The van der Waals surface area contributed by atoms with E-state index in [0.29, 0.717) is 59.0 Å². The zero-order chi connectivity index (χ0) is 23.7. The highest BCUT2D eigenvalue weighted by Gasteiger charge is 2.29. The molecule has 9 nitrogen and oxygen atoms in total. The van der Waals surface area contributed by atoms with Crippen LogP contribution in [-0.4, -0.2) is 60.6 Å². The van der Waals surface area contributed by atoms with Crippen molar-refractivity contribution in [1.82, 2.24) is 15.2 Å². The lowest BCUT2D eigenvalue weighted by Crippen LogP contribution is -2.40. The Hall–Kier alpha value is -3.66. The van der Waals surface area contributed by atoms with E-state index in [1.165, 1.54) is 25.3 Å². The molecule has 2 aliphatic rings. The van der Waals surface area contributed by atoms with Crippen LogP contribution in [0.25, 0.3) is 11.6 Å². The molecule has 2 aliphatic heterocycles. The van der Waals surface area contributed by atoms with E-state index in [1.54, 1.807) is 24.8 Å². The number of benzene rings is 1. The van der Waals surface area contributed by atoms with Crippen LogP contribution in [0.3, 0.4) is 0 Å². The van der Waals surface area contributed by atoms with Gasteiger partial charge in [0.1, 0.15) is 12.4 Å². The molecule has 2 aromatic rings. The lowest BCUT2D eigenvalue weighted by Gasteiger charge is -2.16. The van der Waals surface area contributed by atoms with Gasteiger partial charge < -0.3 is 30.0 Å². The van der Waals surface area contributed by atoms with E-state index < -0.39 is 11.9 Å². The molecule has 0 spiro atoms. The maximum absolute atomic E-state index is 13.7. The van der Waals surface area contributed by atoms with Crippen LogP contribution in [0.5, 0.6) is 5.75 Å². The summed E-state index contributed by atoms with van der Waals surface area (Å²) in [5, 5.41) is 5.50. The molecule has 1 aromatic heterocycles. The van der Waals surface area contributed by atoms with Gasteiger partial charge >= 0.3 is 6.09 Å². The number of carbonyl (C=O) groups excluding carboxylic acids is 3. The number of hydrogen-bond donors (Lipinski definition) is 3. The first kappa shape index (κ1) is 22.5. The van der Waals surface area contributed by atoms with E-state index in [-0.39, 0.29) is 24.5 Å². The first-order valence-electron chi connectivity index (χ1n) is 10.5. The minimum Gasteiger partial charge on any atom is -0.408 e. The van der Waals surface area contributed by atoms with Crippen LogP contribution in [0.15, 0.2) is 18.2 Å². The van der Waals surface area contributed by atoms with Gasteiger partial charge in [0.05, 0.1) is 17.3 Å². The fourth-order valence-electron chi connectivity index (χ4n) is 4.11.